The Bertz CT molecular complexity index is 671. The number of hydrogen-bond donors (Lipinski definition) is 1. The highest BCUT2D eigenvalue weighted by Gasteiger charge is 2.05. The Morgan fingerprint density at radius 2 is 2.24 bits per heavy atom. The molecular weight excluding hydrogens is 298 g/mol. The molecule has 0 amide bonds. The average molecular weight is 308 g/mol. The Hall–Kier alpha value is -1.33. The lowest BCUT2D eigenvalue weighted by atomic mass is 10.2. The fourth-order valence-corrected chi connectivity index (χ4v) is 3.23. The molecule has 2 N–H and O–H groups in total. The van der Waals surface area contributed by atoms with E-state index >= 15 is 0 Å². The lowest BCUT2D eigenvalue weighted by Crippen LogP contribution is -1.99. The maximum absolute atomic E-state index is 5.80. The van der Waals surface area contributed by atoms with Crippen molar-refractivity contribution in [3.8, 4) is 0 Å². The Balaban J connectivity index is 2.03. The minimum atomic E-state index is 0.770. The number of halogens is 1. The largest absolute Gasteiger partial charge is 0.399 e. The third-order valence-corrected chi connectivity index (χ3v) is 4.28. The van der Waals surface area contributed by atoms with E-state index in [0.29, 0.717) is 0 Å². The average Bonchev–Trinajstić information content (AvgIpc) is 2.87. The quantitative estimate of drug-likeness (QED) is 0.737. The minimum Gasteiger partial charge on any atom is -0.399 e. The number of rotatable bonds is 2. The summed E-state index contributed by atoms with van der Waals surface area (Å²) in [6.45, 7) is 0.781. The summed E-state index contributed by atoms with van der Waals surface area (Å²) in [4.78, 5) is 1.27. The number of thiophene rings is 1. The van der Waals surface area contributed by atoms with Crippen LogP contribution >= 0.6 is 27.3 Å². The van der Waals surface area contributed by atoms with Crippen molar-refractivity contribution in [2.75, 3.05) is 5.73 Å². The third kappa shape index (κ3) is 2.08. The van der Waals surface area contributed by atoms with Crippen LogP contribution in [0.3, 0.4) is 0 Å². The number of nitrogens with two attached hydrogens (primary N) is 1. The number of anilines is 1. The van der Waals surface area contributed by atoms with Gasteiger partial charge in [-0.05, 0) is 40.2 Å². The third-order valence-electron chi connectivity index (χ3n) is 2.60. The molecular formula is C12H10BrN3S. The number of fused-ring (bicyclic) bond motifs is 1. The summed E-state index contributed by atoms with van der Waals surface area (Å²) in [7, 11) is 0. The van der Waals surface area contributed by atoms with E-state index in [0.717, 1.165) is 27.6 Å². The highest BCUT2D eigenvalue weighted by Crippen LogP contribution is 2.23. The lowest BCUT2D eigenvalue weighted by molar-refractivity contribution is 0.720. The molecule has 0 unspecified atom stereocenters. The monoisotopic (exact) mass is 307 g/mol. The van der Waals surface area contributed by atoms with Gasteiger partial charge in [0.1, 0.15) is 0 Å². The van der Waals surface area contributed by atoms with Gasteiger partial charge in [-0.25, -0.2) is 0 Å². The van der Waals surface area contributed by atoms with Crippen molar-refractivity contribution in [2.24, 2.45) is 0 Å². The van der Waals surface area contributed by atoms with Gasteiger partial charge < -0.3 is 5.73 Å². The molecule has 0 radical (unpaired) electrons. The van der Waals surface area contributed by atoms with E-state index in [1.54, 1.807) is 11.3 Å². The van der Waals surface area contributed by atoms with Crippen molar-refractivity contribution >= 4 is 43.9 Å². The molecule has 86 valence electrons. The lowest BCUT2D eigenvalue weighted by Gasteiger charge is -2.01. The molecule has 0 atom stereocenters. The van der Waals surface area contributed by atoms with Crippen molar-refractivity contribution in [2.45, 2.75) is 6.54 Å². The van der Waals surface area contributed by atoms with Gasteiger partial charge in [-0.2, -0.15) is 5.10 Å². The van der Waals surface area contributed by atoms with E-state index < -0.39 is 0 Å². The summed E-state index contributed by atoms with van der Waals surface area (Å²) in [6.07, 6.45) is 1.87. The first-order valence-corrected chi connectivity index (χ1v) is 6.83. The van der Waals surface area contributed by atoms with Gasteiger partial charge in [0.2, 0.25) is 0 Å². The summed E-state index contributed by atoms with van der Waals surface area (Å²) in [6, 6.07) is 7.98. The molecule has 1 aromatic carbocycles. The van der Waals surface area contributed by atoms with Gasteiger partial charge in [-0.15, -0.1) is 11.3 Å². The second kappa shape index (κ2) is 4.16. The maximum Gasteiger partial charge on any atom is 0.0759 e. The van der Waals surface area contributed by atoms with Crippen LogP contribution in [0.5, 0.6) is 0 Å². The first-order valence-electron chi connectivity index (χ1n) is 5.16. The topological polar surface area (TPSA) is 43.8 Å². The van der Waals surface area contributed by atoms with Crippen LogP contribution in [0.1, 0.15) is 4.88 Å². The van der Waals surface area contributed by atoms with Crippen molar-refractivity contribution in [1.29, 1.82) is 0 Å². The summed E-state index contributed by atoms with van der Waals surface area (Å²) in [5.41, 5.74) is 7.65. The molecule has 5 heteroatoms. The van der Waals surface area contributed by atoms with Crippen LogP contribution in [0.4, 0.5) is 5.69 Å². The van der Waals surface area contributed by atoms with Crippen molar-refractivity contribution < 1.29 is 0 Å². The fraction of sp³-hybridized carbons (Fsp3) is 0.0833. The van der Waals surface area contributed by atoms with Crippen molar-refractivity contribution in [3.05, 3.63) is 45.2 Å². The van der Waals surface area contributed by atoms with E-state index in [1.165, 1.54) is 4.88 Å². The van der Waals surface area contributed by atoms with Crippen LogP contribution in [-0.2, 0) is 6.54 Å². The summed E-state index contributed by atoms with van der Waals surface area (Å²) in [5.74, 6) is 0. The molecule has 17 heavy (non-hydrogen) atoms. The molecule has 2 heterocycles. The second-order valence-electron chi connectivity index (χ2n) is 3.85. The van der Waals surface area contributed by atoms with E-state index in [1.807, 2.05) is 29.1 Å². The standard InChI is InChI=1S/C12H10BrN3S/c13-9-3-11(17-7-9)6-16-12-4-10(14)2-1-8(12)5-15-16/h1-5,7H,6,14H2. The Kier molecular flexibility index (Phi) is 2.64. The van der Waals surface area contributed by atoms with Gasteiger partial charge in [0.25, 0.3) is 0 Å². The zero-order valence-corrected chi connectivity index (χ0v) is 11.3. The molecule has 0 aliphatic heterocycles. The van der Waals surface area contributed by atoms with E-state index in [2.05, 4.69) is 32.5 Å². The number of nitrogen functional groups attached to an aromatic ring is 1. The second-order valence-corrected chi connectivity index (χ2v) is 5.76. The van der Waals surface area contributed by atoms with E-state index in [4.69, 9.17) is 5.73 Å². The van der Waals surface area contributed by atoms with Gasteiger partial charge in [-0.3, -0.25) is 4.68 Å². The molecule has 0 spiro atoms. The van der Waals surface area contributed by atoms with Crippen molar-refractivity contribution in [3.63, 3.8) is 0 Å². The van der Waals surface area contributed by atoms with Gasteiger partial charge in [0, 0.05) is 25.8 Å². The Morgan fingerprint density at radius 1 is 1.35 bits per heavy atom. The fourth-order valence-electron chi connectivity index (χ4n) is 1.80. The van der Waals surface area contributed by atoms with Crippen LogP contribution in [0.15, 0.2) is 40.3 Å². The molecule has 0 fully saturated rings. The highest BCUT2D eigenvalue weighted by molar-refractivity contribution is 9.10. The zero-order chi connectivity index (χ0) is 11.8. The van der Waals surface area contributed by atoms with Gasteiger partial charge >= 0.3 is 0 Å². The number of nitrogens with zero attached hydrogens (tertiary/aromatic N) is 2. The van der Waals surface area contributed by atoms with Crippen LogP contribution < -0.4 is 5.73 Å². The smallest absolute Gasteiger partial charge is 0.0759 e. The highest BCUT2D eigenvalue weighted by atomic mass is 79.9. The van der Waals surface area contributed by atoms with Crippen LogP contribution in [-0.4, -0.2) is 9.78 Å². The van der Waals surface area contributed by atoms with Crippen molar-refractivity contribution in [1.82, 2.24) is 9.78 Å². The molecule has 2 aromatic heterocycles. The molecule has 3 rings (SSSR count). The van der Waals surface area contributed by atoms with Crippen LogP contribution in [0.25, 0.3) is 10.9 Å². The Labute approximate surface area is 111 Å². The predicted molar refractivity (Wildman–Crippen MR) is 75.3 cm³/mol. The SMILES string of the molecule is Nc1ccc2cnn(Cc3cc(Br)cs3)c2c1. The molecule has 0 saturated heterocycles. The molecule has 0 saturated carbocycles. The predicted octanol–water partition coefficient (Wildman–Crippen LogP) is 3.49. The maximum atomic E-state index is 5.80. The minimum absolute atomic E-state index is 0.770. The molecule has 3 nitrogen and oxygen atoms in total. The van der Waals surface area contributed by atoms with Gasteiger partial charge in [0.15, 0.2) is 0 Å². The zero-order valence-electron chi connectivity index (χ0n) is 8.93. The van der Waals surface area contributed by atoms with Gasteiger partial charge in [0.05, 0.1) is 18.3 Å². The number of aromatic nitrogens is 2. The molecule has 3 aromatic rings. The van der Waals surface area contributed by atoms with E-state index in [-0.39, 0.29) is 0 Å². The number of benzene rings is 1. The first kappa shape index (κ1) is 10.8. The molecule has 0 bridgehead atoms. The first-order chi connectivity index (χ1) is 8.22. The van der Waals surface area contributed by atoms with Crippen LogP contribution in [0, 0.1) is 0 Å². The van der Waals surface area contributed by atoms with Crippen LogP contribution in [0.2, 0.25) is 0 Å². The summed E-state index contributed by atoms with van der Waals surface area (Å²) >= 11 is 5.18. The molecule has 0 aliphatic rings. The Morgan fingerprint density at radius 3 is 3.00 bits per heavy atom. The normalized spacial score (nSPS) is 11.1. The van der Waals surface area contributed by atoms with E-state index in [9.17, 15) is 0 Å². The molecule has 0 aliphatic carbocycles. The van der Waals surface area contributed by atoms with Gasteiger partial charge in [-0.1, -0.05) is 0 Å². The summed E-state index contributed by atoms with van der Waals surface area (Å²) < 4.78 is 3.10. The summed E-state index contributed by atoms with van der Waals surface area (Å²) in [5, 5.41) is 7.59. The number of hydrogen-bond acceptors (Lipinski definition) is 3.